The van der Waals surface area contributed by atoms with Gasteiger partial charge in [0.25, 0.3) is 5.91 Å². The number of nitrogens with two attached hydrogens (primary N) is 1. The summed E-state index contributed by atoms with van der Waals surface area (Å²) >= 11 is 0. The molecule has 4 heteroatoms. The maximum atomic E-state index is 12.8. The molecule has 1 aliphatic rings. The van der Waals surface area contributed by atoms with Gasteiger partial charge in [0.15, 0.2) is 0 Å². The average molecular weight is 282 g/mol. The first-order valence-electron chi connectivity index (χ1n) is 7.04. The van der Waals surface area contributed by atoms with Crippen LogP contribution in [0.25, 0.3) is 0 Å². The van der Waals surface area contributed by atoms with Crippen LogP contribution in [0.4, 0.5) is 5.69 Å². The van der Waals surface area contributed by atoms with Gasteiger partial charge in [-0.2, -0.15) is 0 Å². The van der Waals surface area contributed by atoms with Crippen LogP contribution in [-0.2, 0) is 0 Å². The Morgan fingerprint density at radius 2 is 2.00 bits per heavy atom. The number of phenolic OH excluding ortho intramolecular Hbond substituents is 1. The van der Waals surface area contributed by atoms with Gasteiger partial charge in [-0.25, -0.2) is 0 Å². The summed E-state index contributed by atoms with van der Waals surface area (Å²) < 4.78 is 0. The summed E-state index contributed by atoms with van der Waals surface area (Å²) in [7, 11) is 0. The molecule has 3 N–H and O–H groups in total. The number of para-hydroxylation sites is 1. The van der Waals surface area contributed by atoms with Gasteiger partial charge in [0.1, 0.15) is 5.75 Å². The number of amides is 1. The highest BCUT2D eigenvalue weighted by atomic mass is 16.3. The van der Waals surface area contributed by atoms with Crippen LogP contribution in [0.1, 0.15) is 33.9 Å². The molecule has 1 unspecified atom stereocenters. The van der Waals surface area contributed by atoms with Crippen LogP contribution in [0.5, 0.6) is 5.75 Å². The fourth-order valence-electron chi connectivity index (χ4n) is 2.80. The summed E-state index contributed by atoms with van der Waals surface area (Å²) in [5.41, 5.74) is 9.12. The van der Waals surface area contributed by atoms with Gasteiger partial charge in [0.2, 0.25) is 0 Å². The molecule has 0 radical (unpaired) electrons. The van der Waals surface area contributed by atoms with Crippen LogP contribution < -0.4 is 10.6 Å². The van der Waals surface area contributed by atoms with Gasteiger partial charge in [-0.1, -0.05) is 24.3 Å². The van der Waals surface area contributed by atoms with Crippen LogP contribution in [-0.4, -0.2) is 17.6 Å². The molecular weight excluding hydrogens is 264 g/mol. The highest BCUT2D eigenvalue weighted by Gasteiger charge is 2.28. The highest BCUT2D eigenvalue weighted by molar-refractivity contribution is 6.08. The summed E-state index contributed by atoms with van der Waals surface area (Å²) in [6.07, 6.45) is 0.737. The van der Waals surface area contributed by atoms with Crippen molar-refractivity contribution in [1.82, 2.24) is 0 Å². The number of aromatic hydroxyl groups is 1. The number of carbonyl (C=O) groups is 1. The Hall–Kier alpha value is -2.33. The fourth-order valence-corrected chi connectivity index (χ4v) is 2.80. The molecule has 21 heavy (non-hydrogen) atoms. The Morgan fingerprint density at radius 3 is 2.81 bits per heavy atom. The van der Waals surface area contributed by atoms with Crippen molar-refractivity contribution < 1.29 is 9.90 Å². The van der Waals surface area contributed by atoms with E-state index in [2.05, 4.69) is 0 Å². The Morgan fingerprint density at radius 1 is 1.24 bits per heavy atom. The van der Waals surface area contributed by atoms with Gasteiger partial charge in [-0.3, -0.25) is 4.79 Å². The lowest BCUT2D eigenvalue weighted by atomic mass is 9.96. The molecule has 0 saturated carbocycles. The number of carbonyl (C=O) groups excluding carboxylic acids is 1. The van der Waals surface area contributed by atoms with Gasteiger partial charge < -0.3 is 15.7 Å². The van der Waals surface area contributed by atoms with E-state index in [0.717, 1.165) is 17.7 Å². The van der Waals surface area contributed by atoms with Crippen molar-refractivity contribution in [2.45, 2.75) is 19.4 Å². The quantitative estimate of drug-likeness (QED) is 0.845. The van der Waals surface area contributed by atoms with Crippen LogP contribution in [0.3, 0.4) is 0 Å². The second-order valence-electron chi connectivity index (χ2n) is 5.36. The van der Waals surface area contributed by atoms with Gasteiger partial charge >= 0.3 is 0 Å². The van der Waals surface area contributed by atoms with E-state index in [0.29, 0.717) is 17.7 Å². The number of hydrogen-bond acceptors (Lipinski definition) is 3. The minimum atomic E-state index is -0.0947. The third-order valence-electron chi connectivity index (χ3n) is 4.07. The number of phenols is 1. The molecule has 108 valence electrons. The summed E-state index contributed by atoms with van der Waals surface area (Å²) in [4.78, 5) is 14.6. The van der Waals surface area contributed by atoms with Crippen molar-refractivity contribution in [3.63, 3.8) is 0 Å². The molecule has 1 atom stereocenters. The molecule has 2 aromatic carbocycles. The molecule has 0 aliphatic carbocycles. The van der Waals surface area contributed by atoms with Crippen molar-refractivity contribution in [2.75, 3.05) is 11.4 Å². The summed E-state index contributed by atoms with van der Waals surface area (Å²) in [6.45, 7) is 2.34. The number of hydrogen-bond donors (Lipinski definition) is 2. The van der Waals surface area contributed by atoms with Crippen LogP contribution in [0.15, 0.2) is 42.5 Å². The summed E-state index contributed by atoms with van der Waals surface area (Å²) in [5.74, 6) is 0.0468. The first-order chi connectivity index (χ1) is 10.1. The van der Waals surface area contributed by atoms with E-state index in [4.69, 9.17) is 5.73 Å². The largest absolute Gasteiger partial charge is 0.508 e. The van der Waals surface area contributed by atoms with E-state index in [1.165, 1.54) is 0 Å². The molecule has 1 heterocycles. The average Bonchev–Trinajstić information content (AvgIpc) is 2.50. The zero-order valence-corrected chi connectivity index (χ0v) is 11.9. The van der Waals surface area contributed by atoms with Crippen molar-refractivity contribution in [2.24, 2.45) is 5.73 Å². The first-order valence-corrected chi connectivity index (χ1v) is 7.04. The van der Waals surface area contributed by atoms with E-state index in [1.807, 2.05) is 24.3 Å². The number of fused-ring (bicyclic) bond motifs is 1. The fraction of sp³-hybridized carbons (Fsp3) is 0.235. The Kier molecular flexibility index (Phi) is 3.39. The minimum absolute atomic E-state index is 0.0319. The molecule has 0 aromatic heterocycles. The third-order valence-corrected chi connectivity index (χ3v) is 4.07. The van der Waals surface area contributed by atoms with Gasteiger partial charge in [0.05, 0.1) is 0 Å². The standard InChI is InChI=1S/C17H18N2O2/c1-11-12(6-4-8-16(11)20)17(21)19-10-9-14(18)13-5-2-3-7-15(13)19/h2-8,14,20H,9-10,18H2,1H3. The second kappa shape index (κ2) is 5.22. The van der Waals surface area contributed by atoms with Gasteiger partial charge in [-0.15, -0.1) is 0 Å². The lowest BCUT2D eigenvalue weighted by Gasteiger charge is -2.33. The maximum Gasteiger partial charge on any atom is 0.258 e. The van der Waals surface area contributed by atoms with E-state index in [-0.39, 0.29) is 17.7 Å². The Bertz CT molecular complexity index is 697. The second-order valence-corrected chi connectivity index (χ2v) is 5.36. The van der Waals surface area contributed by atoms with Crippen LogP contribution >= 0.6 is 0 Å². The lowest BCUT2D eigenvalue weighted by Crippen LogP contribution is -2.38. The molecule has 0 fully saturated rings. The zero-order valence-electron chi connectivity index (χ0n) is 11.9. The molecule has 0 spiro atoms. The molecule has 3 rings (SSSR count). The van der Waals surface area contributed by atoms with E-state index >= 15 is 0 Å². The van der Waals surface area contributed by atoms with Crippen molar-refractivity contribution >= 4 is 11.6 Å². The first kappa shape index (κ1) is 13.6. The number of rotatable bonds is 1. The Balaban J connectivity index is 2.03. The molecular formula is C17H18N2O2. The van der Waals surface area contributed by atoms with Crippen LogP contribution in [0.2, 0.25) is 0 Å². The molecule has 2 aromatic rings. The lowest BCUT2D eigenvalue weighted by molar-refractivity contribution is 0.0983. The van der Waals surface area contributed by atoms with Crippen molar-refractivity contribution in [3.8, 4) is 5.75 Å². The highest BCUT2D eigenvalue weighted by Crippen LogP contribution is 2.33. The van der Waals surface area contributed by atoms with Crippen molar-refractivity contribution in [1.29, 1.82) is 0 Å². The predicted octanol–water partition coefficient (Wildman–Crippen LogP) is 2.75. The SMILES string of the molecule is Cc1c(O)cccc1C(=O)N1CCC(N)c2ccccc21. The molecule has 4 nitrogen and oxygen atoms in total. The normalized spacial score (nSPS) is 17.4. The number of benzene rings is 2. The topological polar surface area (TPSA) is 66.6 Å². The van der Waals surface area contributed by atoms with E-state index in [1.54, 1.807) is 30.0 Å². The number of nitrogens with zero attached hydrogens (tertiary/aromatic N) is 1. The zero-order chi connectivity index (χ0) is 15.0. The van der Waals surface area contributed by atoms with E-state index < -0.39 is 0 Å². The van der Waals surface area contributed by atoms with Gasteiger partial charge in [0, 0.05) is 29.4 Å². The third kappa shape index (κ3) is 2.28. The molecule has 0 saturated heterocycles. The Labute approximate surface area is 123 Å². The van der Waals surface area contributed by atoms with Crippen molar-refractivity contribution in [3.05, 3.63) is 59.2 Å². The molecule has 1 aliphatic heterocycles. The maximum absolute atomic E-state index is 12.8. The van der Waals surface area contributed by atoms with Gasteiger partial charge in [-0.05, 0) is 37.1 Å². The smallest absolute Gasteiger partial charge is 0.258 e. The molecule has 0 bridgehead atoms. The molecule has 1 amide bonds. The summed E-state index contributed by atoms with van der Waals surface area (Å²) in [5, 5.41) is 9.79. The predicted molar refractivity (Wildman–Crippen MR) is 82.5 cm³/mol. The summed E-state index contributed by atoms with van der Waals surface area (Å²) in [6, 6.07) is 12.7. The monoisotopic (exact) mass is 282 g/mol. The minimum Gasteiger partial charge on any atom is -0.508 e. The van der Waals surface area contributed by atoms with Crippen LogP contribution in [0, 0.1) is 6.92 Å². The van der Waals surface area contributed by atoms with E-state index in [9.17, 15) is 9.90 Å². The number of anilines is 1.